The predicted octanol–water partition coefficient (Wildman–Crippen LogP) is 2.87. The van der Waals surface area contributed by atoms with Crippen molar-refractivity contribution in [3.63, 3.8) is 0 Å². The van der Waals surface area contributed by atoms with Crippen LogP contribution < -0.4 is 14.8 Å². The lowest BCUT2D eigenvalue weighted by Gasteiger charge is -2.10. The summed E-state index contributed by atoms with van der Waals surface area (Å²) < 4.78 is 15.9. The molecule has 0 unspecified atom stereocenters. The smallest absolute Gasteiger partial charge is 0.257 e. The molecule has 0 aliphatic heterocycles. The topological polar surface area (TPSA) is 86.5 Å². The Balaban J connectivity index is 1.38. The number of para-hydroxylation sites is 2. The van der Waals surface area contributed by atoms with Gasteiger partial charge in [-0.2, -0.15) is 4.98 Å². The summed E-state index contributed by atoms with van der Waals surface area (Å²) in [5, 5.41) is 6.78. The maximum Gasteiger partial charge on any atom is 0.257 e. The number of nitrogens with zero attached hydrogens (tertiary/aromatic N) is 2. The second kappa shape index (κ2) is 9.38. The highest BCUT2D eigenvalue weighted by atomic mass is 16.5. The molecule has 0 saturated heterocycles. The van der Waals surface area contributed by atoms with E-state index in [2.05, 4.69) is 15.5 Å². The minimum atomic E-state index is -0.198. The molecule has 1 N–H and O–H groups in total. The third-order valence-corrected chi connectivity index (χ3v) is 3.82. The molecule has 0 atom stereocenters. The van der Waals surface area contributed by atoms with Crippen molar-refractivity contribution in [2.45, 2.75) is 12.8 Å². The predicted molar refractivity (Wildman–Crippen MR) is 99.6 cm³/mol. The lowest BCUT2D eigenvalue weighted by Crippen LogP contribution is -2.30. The second-order valence-corrected chi connectivity index (χ2v) is 5.77. The van der Waals surface area contributed by atoms with Crippen LogP contribution in [0.5, 0.6) is 11.5 Å². The third kappa shape index (κ3) is 5.31. The summed E-state index contributed by atoms with van der Waals surface area (Å²) in [6.07, 6.45) is 1.28. The maximum atomic E-state index is 11.9. The molecule has 3 rings (SSSR count). The first kappa shape index (κ1) is 18.4. The van der Waals surface area contributed by atoms with Crippen LogP contribution in [0.15, 0.2) is 59.1 Å². The minimum Gasteiger partial charge on any atom is -0.493 e. The maximum absolute atomic E-state index is 11.9. The summed E-state index contributed by atoms with van der Waals surface area (Å²) in [5.74, 6) is 2.05. The van der Waals surface area contributed by atoms with Crippen molar-refractivity contribution in [1.29, 1.82) is 0 Å². The molecule has 0 spiro atoms. The second-order valence-electron chi connectivity index (χ2n) is 5.77. The summed E-state index contributed by atoms with van der Waals surface area (Å²) in [7, 11) is 1.56. The molecule has 27 heavy (non-hydrogen) atoms. The van der Waals surface area contributed by atoms with E-state index in [1.165, 1.54) is 0 Å². The van der Waals surface area contributed by atoms with Gasteiger partial charge in [0.1, 0.15) is 0 Å². The van der Waals surface area contributed by atoms with Crippen LogP contribution >= 0.6 is 0 Å². The monoisotopic (exact) mass is 367 g/mol. The molecule has 0 radical (unpaired) electrons. The van der Waals surface area contributed by atoms with Crippen LogP contribution in [0.25, 0.3) is 11.4 Å². The van der Waals surface area contributed by atoms with Gasteiger partial charge in [-0.15, -0.1) is 0 Å². The van der Waals surface area contributed by atoms with Gasteiger partial charge in [0.2, 0.25) is 11.7 Å². The van der Waals surface area contributed by atoms with Crippen molar-refractivity contribution in [2.24, 2.45) is 0 Å². The average molecular weight is 367 g/mol. The molecule has 7 nitrogen and oxygen atoms in total. The van der Waals surface area contributed by atoms with Crippen molar-refractivity contribution in [1.82, 2.24) is 15.5 Å². The van der Waals surface area contributed by atoms with E-state index < -0.39 is 0 Å². The molecule has 1 heterocycles. The van der Waals surface area contributed by atoms with Gasteiger partial charge in [0.15, 0.2) is 18.1 Å². The van der Waals surface area contributed by atoms with E-state index >= 15 is 0 Å². The molecule has 7 heteroatoms. The lowest BCUT2D eigenvalue weighted by atomic mass is 10.2. The molecular weight excluding hydrogens is 346 g/mol. The molecule has 0 saturated carbocycles. The summed E-state index contributed by atoms with van der Waals surface area (Å²) in [6.45, 7) is 0.427. The van der Waals surface area contributed by atoms with Gasteiger partial charge in [0.05, 0.1) is 7.11 Å². The number of aromatic nitrogens is 2. The highest BCUT2D eigenvalue weighted by Crippen LogP contribution is 2.25. The summed E-state index contributed by atoms with van der Waals surface area (Å²) in [5.41, 5.74) is 0.911. The first-order valence-corrected chi connectivity index (χ1v) is 8.67. The molecule has 0 bridgehead atoms. The Morgan fingerprint density at radius 3 is 2.59 bits per heavy atom. The fourth-order valence-corrected chi connectivity index (χ4v) is 2.46. The number of hydrogen-bond donors (Lipinski definition) is 1. The number of ether oxygens (including phenoxy) is 2. The van der Waals surface area contributed by atoms with Crippen LogP contribution in [-0.4, -0.2) is 36.3 Å². The molecule has 1 amide bonds. The molecule has 140 valence electrons. The number of carbonyl (C=O) groups is 1. The number of hydrogen-bond acceptors (Lipinski definition) is 6. The molecule has 0 aliphatic rings. The van der Waals surface area contributed by atoms with E-state index in [-0.39, 0.29) is 12.5 Å². The van der Waals surface area contributed by atoms with Crippen LogP contribution in [0.1, 0.15) is 12.3 Å². The first-order valence-electron chi connectivity index (χ1n) is 8.67. The van der Waals surface area contributed by atoms with Crippen molar-refractivity contribution in [2.75, 3.05) is 20.3 Å². The zero-order chi connectivity index (χ0) is 18.9. The van der Waals surface area contributed by atoms with Crippen LogP contribution in [0.4, 0.5) is 0 Å². The molecule has 3 aromatic rings. The van der Waals surface area contributed by atoms with Crippen molar-refractivity contribution in [3.8, 4) is 22.9 Å². The number of carbonyl (C=O) groups excluding carboxylic acids is 1. The van der Waals surface area contributed by atoms with Gasteiger partial charge in [-0.3, -0.25) is 4.79 Å². The van der Waals surface area contributed by atoms with Crippen LogP contribution in [0.3, 0.4) is 0 Å². The molecule has 0 fully saturated rings. The van der Waals surface area contributed by atoms with E-state index in [9.17, 15) is 4.79 Å². The van der Waals surface area contributed by atoms with Crippen molar-refractivity contribution < 1.29 is 18.8 Å². The van der Waals surface area contributed by atoms with Gasteiger partial charge in [-0.25, -0.2) is 0 Å². The average Bonchev–Trinajstić information content (AvgIpc) is 3.19. The molecular formula is C20H21N3O4. The van der Waals surface area contributed by atoms with E-state index in [1.54, 1.807) is 19.2 Å². The molecule has 1 aromatic heterocycles. The van der Waals surface area contributed by atoms with Crippen LogP contribution in [-0.2, 0) is 11.2 Å². The third-order valence-electron chi connectivity index (χ3n) is 3.82. The Labute approximate surface area is 157 Å². The fourth-order valence-electron chi connectivity index (χ4n) is 2.46. The van der Waals surface area contributed by atoms with E-state index in [0.29, 0.717) is 42.6 Å². The molecule has 2 aromatic carbocycles. The Morgan fingerprint density at radius 2 is 1.81 bits per heavy atom. The first-order chi connectivity index (χ1) is 13.3. The normalized spacial score (nSPS) is 10.4. The van der Waals surface area contributed by atoms with E-state index in [4.69, 9.17) is 14.0 Å². The Morgan fingerprint density at radius 1 is 1.07 bits per heavy atom. The summed E-state index contributed by atoms with van der Waals surface area (Å²) in [4.78, 5) is 16.3. The van der Waals surface area contributed by atoms with Crippen LogP contribution in [0, 0.1) is 0 Å². The fraction of sp³-hybridized carbons (Fsp3) is 0.250. The zero-order valence-electron chi connectivity index (χ0n) is 15.1. The zero-order valence-corrected chi connectivity index (χ0v) is 15.1. The number of amides is 1. The van der Waals surface area contributed by atoms with E-state index in [0.717, 1.165) is 5.56 Å². The number of aryl methyl sites for hydroxylation is 1. The van der Waals surface area contributed by atoms with Crippen molar-refractivity contribution >= 4 is 5.91 Å². The van der Waals surface area contributed by atoms with Crippen LogP contribution in [0.2, 0.25) is 0 Å². The Bertz CT molecular complexity index is 864. The van der Waals surface area contributed by atoms with Gasteiger partial charge in [-0.05, 0) is 18.6 Å². The Kier molecular flexibility index (Phi) is 6.40. The Hall–Kier alpha value is -3.35. The number of rotatable bonds is 9. The summed E-state index contributed by atoms with van der Waals surface area (Å²) in [6, 6.07) is 16.8. The van der Waals surface area contributed by atoms with Crippen molar-refractivity contribution in [3.05, 3.63) is 60.5 Å². The van der Waals surface area contributed by atoms with Gasteiger partial charge in [0, 0.05) is 18.5 Å². The number of methoxy groups -OCH3 is 1. The highest BCUT2D eigenvalue weighted by molar-refractivity contribution is 5.77. The number of nitrogens with one attached hydrogen (secondary N) is 1. The van der Waals surface area contributed by atoms with Gasteiger partial charge in [0.25, 0.3) is 5.91 Å². The minimum absolute atomic E-state index is 0.0704. The largest absolute Gasteiger partial charge is 0.493 e. The SMILES string of the molecule is COc1ccccc1OCC(=O)NCCCc1nc(-c2ccccc2)no1. The van der Waals surface area contributed by atoms with E-state index in [1.807, 2.05) is 42.5 Å². The standard InChI is InChI=1S/C20H21N3O4/c1-25-16-10-5-6-11-17(16)26-14-18(24)21-13-7-12-19-22-20(23-27-19)15-8-3-2-4-9-15/h2-6,8-11H,7,12-14H2,1H3,(H,21,24). The quantitative estimate of drug-likeness (QED) is 0.585. The van der Waals surface area contributed by atoms with Gasteiger partial charge in [-0.1, -0.05) is 47.6 Å². The number of benzene rings is 2. The van der Waals surface area contributed by atoms with Gasteiger partial charge < -0.3 is 19.3 Å². The highest BCUT2D eigenvalue weighted by Gasteiger charge is 2.09. The van der Waals surface area contributed by atoms with Gasteiger partial charge >= 0.3 is 0 Å². The lowest BCUT2D eigenvalue weighted by molar-refractivity contribution is -0.123. The molecule has 0 aliphatic carbocycles. The summed E-state index contributed by atoms with van der Waals surface area (Å²) >= 11 is 0.